The molecule has 198 valence electrons. The second-order valence-electron chi connectivity index (χ2n) is 9.73. The summed E-state index contributed by atoms with van der Waals surface area (Å²) in [5.41, 5.74) is -1.71. The number of hydrogen-bond donors (Lipinski definition) is 2. The number of carbonyl (C=O) groups is 2. The van der Waals surface area contributed by atoms with E-state index < -0.39 is 35.4 Å². The maximum atomic E-state index is 14.2. The van der Waals surface area contributed by atoms with Crippen LogP contribution < -0.4 is 10.2 Å². The first-order valence-electron chi connectivity index (χ1n) is 12.3. The highest BCUT2D eigenvalue weighted by Gasteiger charge is 2.51. The lowest BCUT2D eigenvalue weighted by Gasteiger charge is -2.32. The third-order valence-corrected chi connectivity index (χ3v) is 7.55. The molecule has 2 N–H and O–H groups in total. The van der Waals surface area contributed by atoms with Gasteiger partial charge in [-0.15, -0.1) is 0 Å². The highest BCUT2D eigenvalue weighted by Crippen LogP contribution is 2.45. The molecule has 6 nitrogen and oxygen atoms in total. The summed E-state index contributed by atoms with van der Waals surface area (Å²) in [6.45, 7) is 0.277. The summed E-state index contributed by atoms with van der Waals surface area (Å²) >= 11 is 5.86. The summed E-state index contributed by atoms with van der Waals surface area (Å²) in [7, 11) is 0. The Hall–Kier alpha value is -3.43. The van der Waals surface area contributed by atoms with Crippen LogP contribution in [0.2, 0.25) is 5.02 Å². The Morgan fingerprint density at radius 2 is 1.84 bits per heavy atom. The molecule has 38 heavy (non-hydrogen) atoms. The molecule has 0 saturated heterocycles. The lowest BCUT2D eigenvalue weighted by atomic mass is 9.85. The van der Waals surface area contributed by atoms with E-state index in [0.717, 1.165) is 6.20 Å². The Balaban J connectivity index is 1.28. The van der Waals surface area contributed by atoms with Gasteiger partial charge in [-0.25, -0.2) is 13.2 Å². The van der Waals surface area contributed by atoms with Crippen molar-refractivity contribution in [2.24, 2.45) is 5.92 Å². The molecule has 10 heteroatoms. The molecular weight excluding hydrogens is 519 g/mol. The molecule has 2 aromatic carbocycles. The fraction of sp³-hybridized carbons (Fsp3) is 0.321. The first-order chi connectivity index (χ1) is 18.2. The standard InChI is InChI=1S/C28H25ClF3N3O3/c29-18-12-21(24(25(31)32)33-14-18)26(36)34-20-9-6-16(7-10-20)15-35-23-13-19(30)8-11-22(23)28(38,27(35)37)17-4-2-1-3-5-17/h1-5,8,11-14,16,20,25,38H,6-7,9-10,15H2,(H,34,36)/t16-,20-,28?. The molecule has 5 rings (SSSR count). The number of rotatable bonds is 6. The van der Waals surface area contributed by atoms with Crippen LogP contribution in [0.15, 0.2) is 60.8 Å². The fourth-order valence-corrected chi connectivity index (χ4v) is 5.57. The van der Waals surface area contributed by atoms with Crippen molar-refractivity contribution in [3.05, 3.63) is 94.0 Å². The van der Waals surface area contributed by atoms with Crippen molar-refractivity contribution < 1.29 is 27.9 Å². The second-order valence-corrected chi connectivity index (χ2v) is 10.2. The van der Waals surface area contributed by atoms with Gasteiger partial charge in [0.25, 0.3) is 18.2 Å². The molecular formula is C28H25ClF3N3O3. The number of alkyl halides is 2. The Morgan fingerprint density at radius 3 is 2.53 bits per heavy atom. The number of aliphatic hydroxyl groups is 1. The average molecular weight is 544 g/mol. The van der Waals surface area contributed by atoms with Gasteiger partial charge < -0.3 is 15.3 Å². The van der Waals surface area contributed by atoms with E-state index in [1.165, 1.54) is 29.2 Å². The third kappa shape index (κ3) is 4.76. The van der Waals surface area contributed by atoms with Gasteiger partial charge in [0.2, 0.25) is 0 Å². The monoisotopic (exact) mass is 543 g/mol. The lowest BCUT2D eigenvalue weighted by molar-refractivity contribution is -0.132. The number of pyridine rings is 1. The summed E-state index contributed by atoms with van der Waals surface area (Å²) in [6.07, 6.45) is 0.569. The summed E-state index contributed by atoms with van der Waals surface area (Å²) in [4.78, 5) is 31.3. The Bertz CT molecular complexity index is 1370. The van der Waals surface area contributed by atoms with Gasteiger partial charge in [-0.2, -0.15) is 0 Å². The normalized spacial score (nSPS) is 23.0. The Labute approximate surface area is 222 Å². The number of aromatic nitrogens is 1. The van der Waals surface area contributed by atoms with Gasteiger partial charge in [0.05, 0.1) is 16.3 Å². The summed E-state index contributed by atoms with van der Waals surface area (Å²) in [6, 6.07) is 13.4. The van der Waals surface area contributed by atoms with E-state index in [9.17, 15) is 27.9 Å². The Kier molecular flexibility index (Phi) is 7.15. The van der Waals surface area contributed by atoms with Crippen molar-refractivity contribution >= 4 is 29.1 Å². The van der Waals surface area contributed by atoms with E-state index >= 15 is 0 Å². The second kappa shape index (κ2) is 10.4. The van der Waals surface area contributed by atoms with E-state index in [4.69, 9.17) is 11.6 Å². The SMILES string of the molecule is O=C(N[C@H]1CC[C@H](CN2C(=O)C(O)(c3ccccc3)c3ccc(F)cc32)CC1)c1cc(Cl)cnc1C(F)F. The maximum absolute atomic E-state index is 14.2. The number of anilines is 1. The van der Waals surface area contributed by atoms with Gasteiger partial charge in [0, 0.05) is 24.3 Å². The molecule has 0 spiro atoms. The summed E-state index contributed by atoms with van der Waals surface area (Å²) in [5, 5.41) is 14.5. The van der Waals surface area contributed by atoms with Crippen LogP contribution in [0.5, 0.6) is 0 Å². The first kappa shape index (κ1) is 26.2. The molecule has 1 aromatic heterocycles. The quantitative estimate of drug-likeness (QED) is 0.437. The summed E-state index contributed by atoms with van der Waals surface area (Å²) < 4.78 is 40.8. The van der Waals surface area contributed by atoms with Crippen LogP contribution in [0.3, 0.4) is 0 Å². The minimum absolute atomic E-state index is 0.0332. The number of hydrogen-bond acceptors (Lipinski definition) is 4. The van der Waals surface area contributed by atoms with E-state index in [2.05, 4.69) is 10.3 Å². The number of nitrogens with one attached hydrogen (secondary N) is 1. The van der Waals surface area contributed by atoms with E-state index in [-0.39, 0.29) is 29.1 Å². The van der Waals surface area contributed by atoms with E-state index in [1.54, 1.807) is 30.3 Å². The number of carbonyl (C=O) groups excluding carboxylic acids is 2. The molecule has 1 fully saturated rings. The first-order valence-corrected chi connectivity index (χ1v) is 12.7. The van der Waals surface area contributed by atoms with Gasteiger partial charge in [0.1, 0.15) is 11.5 Å². The molecule has 0 bridgehead atoms. The highest BCUT2D eigenvalue weighted by molar-refractivity contribution is 6.30. The van der Waals surface area contributed by atoms with Gasteiger partial charge in [-0.05, 0) is 55.4 Å². The van der Waals surface area contributed by atoms with Crippen LogP contribution in [0, 0.1) is 11.7 Å². The van der Waals surface area contributed by atoms with Crippen LogP contribution in [0.1, 0.15) is 59.3 Å². The number of amides is 2. The van der Waals surface area contributed by atoms with Crippen LogP contribution in [-0.2, 0) is 10.4 Å². The van der Waals surface area contributed by atoms with Gasteiger partial charge in [-0.3, -0.25) is 14.6 Å². The van der Waals surface area contributed by atoms with Crippen LogP contribution >= 0.6 is 11.6 Å². The number of benzene rings is 2. The van der Waals surface area contributed by atoms with Crippen molar-refractivity contribution in [1.82, 2.24) is 10.3 Å². The molecule has 1 aliphatic carbocycles. The van der Waals surface area contributed by atoms with Gasteiger partial charge >= 0.3 is 0 Å². The van der Waals surface area contributed by atoms with Crippen molar-refractivity contribution in [1.29, 1.82) is 0 Å². The van der Waals surface area contributed by atoms with Crippen molar-refractivity contribution in [2.45, 2.75) is 43.8 Å². The minimum Gasteiger partial charge on any atom is -0.372 e. The van der Waals surface area contributed by atoms with Crippen LogP contribution in [0.4, 0.5) is 18.9 Å². The average Bonchev–Trinajstić information content (AvgIpc) is 3.12. The molecule has 2 aliphatic rings. The van der Waals surface area contributed by atoms with Gasteiger partial charge in [0.15, 0.2) is 5.60 Å². The zero-order valence-corrected chi connectivity index (χ0v) is 21.0. The summed E-state index contributed by atoms with van der Waals surface area (Å²) in [5.74, 6) is -1.67. The fourth-order valence-electron chi connectivity index (χ4n) is 5.41. The number of fused-ring (bicyclic) bond motifs is 1. The lowest BCUT2D eigenvalue weighted by Crippen LogP contribution is -2.44. The van der Waals surface area contributed by atoms with E-state index in [0.29, 0.717) is 42.5 Å². The molecule has 0 radical (unpaired) electrons. The zero-order chi connectivity index (χ0) is 27.0. The molecule has 1 saturated carbocycles. The molecule has 2 heterocycles. The van der Waals surface area contributed by atoms with Crippen LogP contribution in [0.25, 0.3) is 0 Å². The zero-order valence-electron chi connectivity index (χ0n) is 20.2. The van der Waals surface area contributed by atoms with Crippen LogP contribution in [-0.4, -0.2) is 34.5 Å². The molecule has 1 atom stereocenters. The minimum atomic E-state index is -2.91. The predicted octanol–water partition coefficient (Wildman–Crippen LogP) is 5.38. The molecule has 3 aromatic rings. The van der Waals surface area contributed by atoms with Gasteiger partial charge in [-0.1, -0.05) is 48.0 Å². The molecule has 1 aliphatic heterocycles. The number of halogens is 4. The van der Waals surface area contributed by atoms with Crippen molar-refractivity contribution in [3.63, 3.8) is 0 Å². The Morgan fingerprint density at radius 1 is 1.13 bits per heavy atom. The van der Waals surface area contributed by atoms with E-state index in [1.807, 2.05) is 0 Å². The third-order valence-electron chi connectivity index (χ3n) is 7.35. The largest absolute Gasteiger partial charge is 0.372 e. The predicted molar refractivity (Wildman–Crippen MR) is 136 cm³/mol. The van der Waals surface area contributed by atoms with Crippen molar-refractivity contribution in [2.75, 3.05) is 11.4 Å². The highest BCUT2D eigenvalue weighted by atomic mass is 35.5. The number of nitrogens with zero attached hydrogens (tertiary/aromatic N) is 2. The maximum Gasteiger partial charge on any atom is 0.281 e. The molecule has 1 unspecified atom stereocenters. The van der Waals surface area contributed by atoms with Crippen molar-refractivity contribution in [3.8, 4) is 0 Å². The smallest absolute Gasteiger partial charge is 0.281 e. The topological polar surface area (TPSA) is 82.5 Å². The molecule has 2 amide bonds.